The summed E-state index contributed by atoms with van der Waals surface area (Å²) in [6.45, 7) is 3.00. The average Bonchev–Trinajstić information content (AvgIpc) is 2.63. The van der Waals surface area contributed by atoms with Gasteiger partial charge in [0.1, 0.15) is 9.84 Å². The lowest BCUT2D eigenvalue weighted by Gasteiger charge is -2.23. The van der Waals surface area contributed by atoms with Gasteiger partial charge in [0.2, 0.25) is 0 Å². The van der Waals surface area contributed by atoms with E-state index in [2.05, 4.69) is 12.2 Å². The summed E-state index contributed by atoms with van der Waals surface area (Å²) in [5.74, 6) is 1.53. The Morgan fingerprint density at radius 3 is 2.73 bits per heavy atom. The molecule has 0 aliphatic carbocycles. The minimum atomic E-state index is -2.82. The highest BCUT2D eigenvalue weighted by Crippen LogP contribution is 2.30. The molecule has 2 unspecified atom stereocenters. The molecule has 0 bridgehead atoms. The molecule has 0 amide bonds. The van der Waals surface area contributed by atoms with Crippen LogP contribution in [0.1, 0.15) is 26.2 Å². The molecule has 1 fully saturated rings. The lowest BCUT2D eigenvalue weighted by molar-refractivity contribution is 0.483. The Bertz CT molecular complexity index is 271. The predicted octanol–water partition coefficient (Wildman–Crippen LogP) is 1.29. The predicted molar refractivity (Wildman–Crippen MR) is 67.3 cm³/mol. The fraction of sp³-hybridized carbons (Fsp3) is 1.00. The summed E-state index contributed by atoms with van der Waals surface area (Å²) in [5.41, 5.74) is 0. The van der Waals surface area contributed by atoms with Crippen LogP contribution in [0.3, 0.4) is 0 Å². The maximum Gasteiger partial charge on any atom is 0.147 e. The molecular weight excluding hydrogens is 230 g/mol. The molecule has 90 valence electrons. The van der Waals surface area contributed by atoms with Crippen LogP contribution in [0.25, 0.3) is 0 Å². The van der Waals surface area contributed by atoms with E-state index >= 15 is 0 Å². The molecule has 1 heterocycles. The molecule has 1 aliphatic rings. The van der Waals surface area contributed by atoms with E-state index in [4.69, 9.17) is 0 Å². The first-order chi connectivity index (χ1) is 7.03. The molecule has 0 radical (unpaired) electrons. The highest BCUT2D eigenvalue weighted by atomic mass is 32.2. The first-order valence-electron chi connectivity index (χ1n) is 5.55. The highest BCUT2D eigenvalue weighted by Gasteiger charge is 2.25. The molecule has 0 aromatic rings. The molecule has 0 saturated carbocycles. The van der Waals surface area contributed by atoms with Crippen molar-refractivity contribution in [1.29, 1.82) is 0 Å². The number of thioether (sulfide) groups is 1. The second kappa shape index (κ2) is 6.11. The zero-order valence-corrected chi connectivity index (χ0v) is 11.2. The zero-order valence-electron chi connectivity index (χ0n) is 9.53. The van der Waals surface area contributed by atoms with E-state index in [1.165, 1.54) is 24.9 Å². The standard InChI is InChI=1S/C10H21NO2S2/c1-3-11-9(6-8-15(2,12)13)10-5-4-7-14-10/h9-11H,3-8H2,1-2H3. The van der Waals surface area contributed by atoms with Crippen LogP contribution in [0, 0.1) is 0 Å². The summed E-state index contributed by atoms with van der Waals surface area (Å²) in [6, 6.07) is 0.372. The second-order valence-electron chi connectivity index (χ2n) is 4.13. The molecular formula is C10H21NO2S2. The van der Waals surface area contributed by atoms with E-state index in [0.29, 0.717) is 17.0 Å². The van der Waals surface area contributed by atoms with Crippen LogP contribution in [0.5, 0.6) is 0 Å². The van der Waals surface area contributed by atoms with Gasteiger partial charge < -0.3 is 5.32 Å². The molecule has 1 N–H and O–H groups in total. The summed E-state index contributed by atoms with van der Waals surface area (Å²) in [7, 11) is -2.82. The third kappa shape index (κ3) is 5.22. The fourth-order valence-electron chi connectivity index (χ4n) is 1.94. The topological polar surface area (TPSA) is 46.2 Å². The van der Waals surface area contributed by atoms with Gasteiger partial charge in [0.05, 0.1) is 5.75 Å². The van der Waals surface area contributed by atoms with Crippen molar-refractivity contribution in [3.05, 3.63) is 0 Å². The van der Waals surface area contributed by atoms with E-state index in [1.807, 2.05) is 11.8 Å². The van der Waals surface area contributed by atoms with Gasteiger partial charge in [-0.2, -0.15) is 11.8 Å². The number of hydrogen-bond acceptors (Lipinski definition) is 4. The molecule has 1 rings (SSSR count). The number of hydrogen-bond donors (Lipinski definition) is 1. The van der Waals surface area contributed by atoms with Crippen molar-refractivity contribution in [3.63, 3.8) is 0 Å². The van der Waals surface area contributed by atoms with Crippen molar-refractivity contribution < 1.29 is 8.42 Å². The lowest BCUT2D eigenvalue weighted by Crippen LogP contribution is -2.38. The summed E-state index contributed by atoms with van der Waals surface area (Å²) in [5, 5.41) is 4.03. The van der Waals surface area contributed by atoms with Crippen LogP contribution >= 0.6 is 11.8 Å². The Labute approximate surface area is 97.3 Å². The minimum Gasteiger partial charge on any atom is -0.313 e. The van der Waals surface area contributed by atoms with E-state index in [9.17, 15) is 8.42 Å². The van der Waals surface area contributed by atoms with Crippen molar-refractivity contribution in [2.75, 3.05) is 24.3 Å². The van der Waals surface area contributed by atoms with Gasteiger partial charge in [-0.1, -0.05) is 6.92 Å². The maximum atomic E-state index is 11.1. The Morgan fingerprint density at radius 1 is 1.53 bits per heavy atom. The average molecular weight is 251 g/mol. The molecule has 5 heteroatoms. The van der Waals surface area contributed by atoms with E-state index < -0.39 is 9.84 Å². The third-order valence-electron chi connectivity index (χ3n) is 2.68. The van der Waals surface area contributed by atoms with Gasteiger partial charge in [0.25, 0.3) is 0 Å². The SMILES string of the molecule is CCNC(CCS(C)(=O)=O)C1CCCS1. The molecule has 0 aromatic heterocycles. The van der Waals surface area contributed by atoms with Gasteiger partial charge >= 0.3 is 0 Å². The Morgan fingerprint density at radius 2 is 2.27 bits per heavy atom. The summed E-state index contributed by atoms with van der Waals surface area (Å²) in [4.78, 5) is 0. The molecule has 1 aliphatic heterocycles. The van der Waals surface area contributed by atoms with Crippen molar-refractivity contribution >= 4 is 21.6 Å². The van der Waals surface area contributed by atoms with Gasteiger partial charge in [0, 0.05) is 17.5 Å². The fourth-order valence-corrected chi connectivity index (χ4v) is 4.06. The van der Waals surface area contributed by atoms with Crippen LogP contribution < -0.4 is 5.32 Å². The summed E-state index contributed by atoms with van der Waals surface area (Å²) in [6.07, 6.45) is 4.57. The minimum absolute atomic E-state index is 0.307. The quantitative estimate of drug-likeness (QED) is 0.773. The van der Waals surface area contributed by atoms with Gasteiger partial charge in [-0.05, 0) is 31.6 Å². The Hall–Kier alpha value is 0.260. The van der Waals surface area contributed by atoms with E-state index in [1.54, 1.807) is 0 Å². The third-order valence-corrected chi connectivity index (χ3v) is 5.17. The summed E-state index contributed by atoms with van der Waals surface area (Å²) >= 11 is 1.98. The number of nitrogens with one attached hydrogen (secondary N) is 1. The molecule has 0 aromatic carbocycles. The van der Waals surface area contributed by atoms with Crippen molar-refractivity contribution in [2.45, 2.75) is 37.5 Å². The van der Waals surface area contributed by atoms with Crippen LogP contribution in [0.2, 0.25) is 0 Å². The first-order valence-corrected chi connectivity index (χ1v) is 8.66. The van der Waals surface area contributed by atoms with Crippen LogP contribution in [-0.2, 0) is 9.84 Å². The molecule has 3 nitrogen and oxygen atoms in total. The molecule has 2 atom stereocenters. The van der Waals surface area contributed by atoms with Crippen LogP contribution in [0.4, 0.5) is 0 Å². The van der Waals surface area contributed by atoms with Gasteiger partial charge in [-0.25, -0.2) is 8.42 Å². The highest BCUT2D eigenvalue weighted by molar-refractivity contribution is 8.00. The molecule has 15 heavy (non-hydrogen) atoms. The lowest BCUT2D eigenvalue weighted by atomic mass is 10.1. The number of sulfone groups is 1. The Balaban J connectivity index is 2.42. The second-order valence-corrected chi connectivity index (χ2v) is 7.74. The van der Waals surface area contributed by atoms with Gasteiger partial charge in [-0.3, -0.25) is 0 Å². The first kappa shape index (κ1) is 13.3. The van der Waals surface area contributed by atoms with Crippen LogP contribution in [-0.4, -0.2) is 44.0 Å². The van der Waals surface area contributed by atoms with Gasteiger partial charge in [0.15, 0.2) is 0 Å². The van der Waals surface area contributed by atoms with Crippen molar-refractivity contribution in [3.8, 4) is 0 Å². The monoisotopic (exact) mass is 251 g/mol. The van der Waals surface area contributed by atoms with Crippen molar-refractivity contribution in [2.24, 2.45) is 0 Å². The smallest absolute Gasteiger partial charge is 0.147 e. The van der Waals surface area contributed by atoms with E-state index in [0.717, 1.165) is 13.0 Å². The number of rotatable bonds is 6. The van der Waals surface area contributed by atoms with Gasteiger partial charge in [-0.15, -0.1) is 0 Å². The zero-order chi connectivity index (χ0) is 11.3. The molecule has 1 saturated heterocycles. The maximum absolute atomic E-state index is 11.1. The largest absolute Gasteiger partial charge is 0.313 e. The van der Waals surface area contributed by atoms with Crippen molar-refractivity contribution in [1.82, 2.24) is 5.32 Å². The normalized spacial score (nSPS) is 24.3. The molecule has 0 spiro atoms. The Kier molecular flexibility index (Phi) is 5.43. The van der Waals surface area contributed by atoms with E-state index in [-0.39, 0.29) is 0 Å². The van der Waals surface area contributed by atoms with Crippen LogP contribution in [0.15, 0.2) is 0 Å². The summed E-state index contributed by atoms with van der Waals surface area (Å²) < 4.78 is 22.2.